The van der Waals surface area contributed by atoms with Crippen molar-refractivity contribution in [1.82, 2.24) is 5.32 Å². The van der Waals surface area contributed by atoms with Gasteiger partial charge in [0.25, 0.3) is 0 Å². The number of rotatable bonds is 12. The van der Waals surface area contributed by atoms with Gasteiger partial charge in [0.15, 0.2) is 0 Å². The fraction of sp³-hybridized carbons (Fsp3) is 0.280. The molecular formula is C25H28N2O3S. The Morgan fingerprint density at radius 2 is 1.71 bits per heavy atom. The third-order valence-corrected chi connectivity index (χ3v) is 5.47. The number of unbranched alkanes of at least 4 members (excludes halogenated alkanes) is 2. The highest BCUT2D eigenvalue weighted by Crippen LogP contribution is 2.22. The van der Waals surface area contributed by atoms with Crippen molar-refractivity contribution in [1.29, 1.82) is 0 Å². The average Bonchev–Trinajstić information content (AvgIpc) is 3.30. The molecule has 0 aliphatic carbocycles. The lowest BCUT2D eigenvalue weighted by atomic mass is 10.1. The molecule has 6 heteroatoms. The van der Waals surface area contributed by atoms with Gasteiger partial charge in [-0.05, 0) is 58.5 Å². The van der Waals surface area contributed by atoms with Crippen LogP contribution in [-0.2, 0) is 20.9 Å². The van der Waals surface area contributed by atoms with Crippen LogP contribution in [0.3, 0.4) is 0 Å². The summed E-state index contributed by atoms with van der Waals surface area (Å²) in [7, 11) is 0. The molecule has 1 heterocycles. The van der Waals surface area contributed by atoms with E-state index in [9.17, 15) is 9.59 Å². The van der Waals surface area contributed by atoms with E-state index in [4.69, 9.17) is 4.74 Å². The first kappa shape index (κ1) is 22.7. The van der Waals surface area contributed by atoms with Gasteiger partial charge in [-0.15, -0.1) is 0 Å². The summed E-state index contributed by atoms with van der Waals surface area (Å²) in [6, 6.07) is 20.0. The molecule has 2 aromatic carbocycles. The first-order valence-corrected chi connectivity index (χ1v) is 11.5. The standard InChI is InChI=1S/C25H28N2O3S/c28-24(27-23-11-7-10-22(16-23)21-8-3-1-4-9-21)12-5-2-6-14-26-25(29)18-30-17-20-13-15-31-19-20/h1,3-4,7-11,13,15-16,19H,2,5-6,12,14,17-18H2,(H,26,29)(H,27,28). The number of thiophene rings is 1. The monoisotopic (exact) mass is 436 g/mol. The van der Waals surface area contributed by atoms with E-state index >= 15 is 0 Å². The van der Waals surface area contributed by atoms with Gasteiger partial charge in [0, 0.05) is 18.7 Å². The summed E-state index contributed by atoms with van der Waals surface area (Å²) < 4.78 is 5.38. The van der Waals surface area contributed by atoms with Crippen LogP contribution >= 0.6 is 11.3 Å². The van der Waals surface area contributed by atoms with Crippen LogP contribution in [0.2, 0.25) is 0 Å². The van der Waals surface area contributed by atoms with Crippen molar-refractivity contribution >= 4 is 28.8 Å². The number of ether oxygens (including phenoxy) is 1. The van der Waals surface area contributed by atoms with E-state index in [0.29, 0.717) is 19.6 Å². The SMILES string of the molecule is O=C(COCc1ccsc1)NCCCCCC(=O)Nc1cccc(-c2ccccc2)c1. The zero-order valence-corrected chi connectivity index (χ0v) is 18.3. The van der Waals surface area contributed by atoms with E-state index in [1.165, 1.54) is 0 Å². The van der Waals surface area contributed by atoms with Crippen LogP contribution in [-0.4, -0.2) is 25.0 Å². The Hall–Kier alpha value is -2.96. The normalized spacial score (nSPS) is 10.6. The van der Waals surface area contributed by atoms with Gasteiger partial charge in [-0.1, -0.05) is 48.9 Å². The molecule has 0 radical (unpaired) electrons. The van der Waals surface area contributed by atoms with Crippen LogP contribution < -0.4 is 10.6 Å². The van der Waals surface area contributed by atoms with Crippen molar-refractivity contribution < 1.29 is 14.3 Å². The molecular weight excluding hydrogens is 408 g/mol. The minimum Gasteiger partial charge on any atom is -0.367 e. The van der Waals surface area contributed by atoms with Gasteiger partial charge in [0.1, 0.15) is 6.61 Å². The Balaban J connectivity index is 1.26. The van der Waals surface area contributed by atoms with Gasteiger partial charge < -0.3 is 15.4 Å². The Kier molecular flexibility index (Phi) is 9.29. The first-order chi connectivity index (χ1) is 15.2. The van der Waals surface area contributed by atoms with Crippen LogP contribution in [0.15, 0.2) is 71.4 Å². The molecule has 31 heavy (non-hydrogen) atoms. The smallest absolute Gasteiger partial charge is 0.246 e. The maximum Gasteiger partial charge on any atom is 0.246 e. The molecule has 2 N–H and O–H groups in total. The maximum atomic E-state index is 12.2. The van der Waals surface area contributed by atoms with Crippen molar-refractivity contribution in [2.24, 2.45) is 0 Å². The molecule has 5 nitrogen and oxygen atoms in total. The second-order valence-corrected chi connectivity index (χ2v) is 8.06. The van der Waals surface area contributed by atoms with E-state index in [1.807, 2.05) is 59.3 Å². The number of hydrogen-bond donors (Lipinski definition) is 2. The van der Waals surface area contributed by atoms with Gasteiger partial charge in [-0.2, -0.15) is 11.3 Å². The number of carbonyl (C=O) groups excluding carboxylic acids is 2. The minimum absolute atomic E-state index is 0.0103. The Bertz CT molecular complexity index is 942. The molecule has 0 saturated carbocycles. The van der Waals surface area contributed by atoms with Gasteiger partial charge in [-0.3, -0.25) is 9.59 Å². The number of carbonyl (C=O) groups is 2. The molecule has 0 fully saturated rings. The average molecular weight is 437 g/mol. The third-order valence-electron chi connectivity index (χ3n) is 4.74. The number of nitrogens with one attached hydrogen (secondary N) is 2. The topological polar surface area (TPSA) is 67.4 Å². The largest absolute Gasteiger partial charge is 0.367 e. The number of anilines is 1. The highest BCUT2D eigenvalue weighted by molar-refractivity contribution is 7.07. The zero-order valence-electron chi connectivity index (χ0n) is 17.5. The molecule has 0 spiro atoms. The fourth-order valence-electron chi connectivity index (χ4n) is 3.13. The quantitative estimate of drug-likeness (QED) is 0.381. The molecule has 0 unspecified atom stereocenters. The predicted molar refractivity (Wildman–Crippen MR) is 126 cm³/mol. The summed E-state index contributed by atoms with van der Waals surface area (Å²) in [6.45, 7) is 1.13. The van der Waals surface area contributed by atoms with Crippen LogP contribution in [0.4, 0.5) is 5.69 Å². The summed E-state index contributed by atoms with van der Waals surface area (Å²) >= 11 is 1.61. The lowest BCUT2D eigenvalue weighted by Gasteiger charge is -2.08. The van der Waals surface area contributed by atoms with Crippen molar-refractivity contribution in [2.75, 3.05) is 18.5 Å². The molecule has 3 aromatic rings. The van der Waals surface area contributed by atoms with Gasteiger partial charge in [0.05, 0.1) is 6.61 Å². The van der Waals surface area contributed by atoms with Crippen molar-refractivity contribution in [3.8, 4) is 11.1 Å². The Morgan fingerprint density at radius 1 is 0.871 bits per heavy atom. The fourth-order valence-corrected chi connectivity index (χ4v) is 3.79. The molecule has 2 amide bonds. The molecule has 1 aromatic heterocycles. The summed E-state index contributed by atoms with van der Waals surface area (Å²) in [5, 5.41) is 9.82. The van der Waals surface area contributed by atoms with E-state index in [1.54, 1.807) is 11.3 Å². The lowest BCUT2D eigenvalue weighted by molar-refractivity contribution is -0.126. The molecule has 3 rings (SSSR count). The van der Waals surface area contributed by atoms with Crippen LogP contribution in [0, 0.1) is 0 Å². The Morgan fingerprint density at radius 3 is 2.52 bits per heavy atom. The van der Waals surface area contributed by atoms with Crippen molar-refractivity contribution in [2.45, 2.75) is 32.3 Å². The van der Waals surface area contributed by atoms with E-state index in [0.717, 1.165) is 41.6 Å². The Labute approximate surface area is 187 Å². The number of amides is 2. The van der Waals surface area contributed by atoms with E-state index < -0.39 is 0 Å². The van der Waals surface area contributed by atoms with E-state index in [2.05, 4.69) is 22.8 Å². The summed E-state index contributed by atoms with van der Waals surface area (Å²) in [5.74, 6) is -0.0950. The van der Waals surface area contributed by atoms with Gasteiger partial charge in [0.2, 0.25) is 11.8 Å². The molecule has 0 bridgehead atoms. The van der Waals surface area contributed by atoms with Crippen LogP contribution in [0.1, 0.15) is 31.2 Å². The first-order valence-electron chi connectivity index (χ1n) is 10.5. The zero-order chi connectivity index (χ0) is 21.7. The molecule has 0 saturated heterocycles. The molecule has 0 aliphatic rings. The summed E-state index contributed by atoms with van der Waals surface area (Å²) in [6.07, 6.45) is 2.97. The van der Waals surface area contributed by atoms with Gasteiger partial charge in [-0.25, -0.2) is 0 Å². The third kappa shape index (κ3) is 8.36. The highest BCUT2D eigenvalue weighted by Gasteiger charge is 2.05. The summed E-state index contributed by atoms with van der Waals surface area (Å²) in [5.41, 5.74) is 4.09. The van der Waals surface area contributed by atoms with E-state index in [-0.39, 0.29) is 18.4 Å². The second kappa shape index (κ2) is 12.7. The minimum atomic E-state index is -0.105. The molecule has 0 atom stereocenters. The predicted octanol–water partition coefficient (Wildman–Crippen LogP) is 5.25. The number of hydrogen-bond acceptors (Lipinski definition) is 4. The summed E-state index contributed by atoms with van der Waals surface area (Å²) in [4.78, 5) is 24.0. The second-order valence-electron chi connectivity index (χ2n) is 7.28. The van der Waals surface area contributed by atoms with Crippen LogP contribution in [0.25, 0.3) is 11.1 Å². The molecule has 162 valence electrons. The van der Waals surface area contributed by atoms with Gasteiger partial charge >= 0.3 is 0 Å². The van der Waals surface area contributed by atoms with Crippen LogP contribution in [0.5, 0.6) is 0 Å². The molecule has 0 aliphatic heterocycles. The van der Waals surface area contributed by atoms with Crippen molar-refractivity contribution in [3.05, 3.63) is 77.0 Å². The van der Waals surface area contributed by atoms with Crippen molar-refractivity contribution in [3.63, 3.8) is 0 Å². The highest BCUT2D eigenvalue weighted by atomic mass is 32.1. The number of benzene rings is 2. The maximum absolute atomic E-state index is 12.2. The lowest BCUT2D eigenvalue weighted by Crippen LogP contribution is -2.28.